The molecule has 0 aromatic carbocycles. The van der Waals surface area contributed by atoms with Crippen molar-refractivity contribution in [3.63, 3.8) is 0 Å². The summed E-state index contributed by atoms with van der Waals surface area (Å²) in [4.78, 5) is 4.36. The van der Waals surface area contributed by atoms with Gasteiger partial charge in [-0.05, 0) is 18.1 Å². The zero-order valence-corrected chi connectivity index (χ0v) is 8.36. The summed E-state index contributed by atoms with van der Waals surface area (Å²) in [5.41, 5.74) is 4.04. The fraction of sp³-hybridized carbons (Fsp3) is 0.333. The second kappa shape index (κ2) is 4.57. The van der Waals surface area contributed by atoms with Gasteiger partial charge < -0.3 is 11.3 Å². The molecule has 0 fully saturated rings. The number of pyridine rings is 1. The van der Waals surface area contributed by atoms with Crippen LogP contribution >= 0.6 is 0 Å². The van der Waals surface area contributed by atoms with Gasteiger partial charge in [0, 0.05) is 5.69 Å². The number of aromatic nitrogens is 1. The van der Waals surface area contributed by atoms with Crippen LogP contribution in [0.4, 0.5) is 0 Å². The van der Waals surface area contributed by atoms with Crippen LogP contribution in [0.3, 0.4) is 0 Å². The molecule has 0 spiro atoms. The van der Waals surface area contributed by atoms with Gasteiger partial charge in [-0.1, -0.05) is 19.9 Å². The number of hydrogen-bond acceptors (Lipinski definition) is 4. The average Bonchev–Trinajstić information content (AvgIpc) is 2.20. The lowest BCUT2D eigenvalue weighted by molar-refractivity contribution is 0.818. The summed E-state index contributed by atoms with van der Waals surface area (Å²) in [7, 11) is 0. The minimum absolute atomic E-state index is 0.367. The van der Waals surface area contributed by atoms with E-state index in [1.165, 1.54) is 0 Å². The van der Waals surface area contributed by atoms with Gasteiger partial charge in [0.05, 0.1) is 0 Å². The van der Waals surface area contributed by atoms with Crippen molar-refractivity contribution in [1.29, 1.82) is 0 Å². The highest BCUT2D eigenvalue weighted by molar-refractivity contribution is 5.96. The zero-order chi connectivity index (χ0) is 10.6. The molecule has 0 bridgehead atoms. The molecule has 1 heterocycles. The fourth-order valence-electron chi connectivity index (χ4n) is 1.08. The highest BCUT2D eigenvalue weighted by Crippen LogP contribution is 2.11. The topological polar surface area (TPSA) is 89.3 Å². The monoisotopic (exact) mass is 193 g/mol. The molecule has 0 amide bonds. The third-order valence-corrected chi connectivity index (χ3v) is 1.87. The maximum absolute atomic E-state index is 5.24. The number of nitrogens with two attached hydrogens (primary N) is 2. The predicted octanol–water partition coefficient (Wildman–Crippen LogP) is 0.289. The van der Waals surface area contributed by atoms with E-state index in [-0.39, 0.29) is 0 Å². The third kappa shape index (κ3) is 2.20. The lowest BCUT2D eigenvalue weighted by Gasteiger charge is -2.07. The molecule has 0 saturated heterocycles. The van der Waals surface area contributed by atoms with Crippen LogP contribution in [0, 0.1) is 0 Å². The van der Waals surface area contributed by atoms with E-state index in [1.54, 1.807) is 6.07 Å². The maximum atomic E-state index is 5.24. The van der Waals surface area contributed by atoms with Crippen LogP contribution in [0.1, 0.15) is 31.2 Å². The minimum Gasteiger partial charge on any atom is -0.321 e. The Bertz CT molecular complexity index is 332. The molecule has 5 heteroatoms. The number of hydrazine groups is 1. The van der Waals surface area contributed by atoms with Crippen LogP contribution < -0.4 is 17.1 Å². The Balaban J connectivity index is 3.05. The second-order valence-corrected chi connectivity index (χ2v) is 3.22. The van der Waals surface area contributed by atoms with E-state index >= 15 is 0 Å². The third-order valence-electron chi connectivity index (χ3n) is 1.87. The lowest BCUT2D eigenvalue weighted by Crippen LogP contribution is -2.32. The summed E-state index contributed by atoms with van der Waals surface area (Å²) < 4.78 is 0. The Labute approximate surface area is 83.2 Å². The van der Waals surface area contributed by atoms with Crippen molar-refractivity contribution in [3.05, 3.63) is 29.6 Å². The number of hydrazone groups is 1. The van der Waals surface area contributed by atoms with Gasteiger partial charge in [0.25, 0.3) is 0 Å². The number of nitrogens with zero attached hydrogens (tertiary/aromatic N) is 2. The van der Waals surface area contributed by atoms with Gasteiger partial charge in [0.1, 0.15) is 5.69 Å². The molecule has 0 atom stereocenters. The van der Waals surface area contributed by atoms with Gasteiger partial charge in [-0.2, -0.15) is 5.10 Å². The van der Waals surface area contributed by atoms with E-state index in [9.17, 15) is 0 Å². The van der Waals surface area contributed by atoms with Gasteiger partial charge >= 0.3 is 0 Å². The molecule has 14 heavy (non-hydrogen) atoms. The van der Waals surface area contributed by atoms with Crippen LogP contribution in [0.15, 0.2) is 23.3 Å². The molecule has 5 nitrogen and oxygen atoms in total. The Morgan fingerprint density at radius 3 is 2.71 bits per heavy atom. The first kappa shape index (κ1) is 10.5. The van der Waals surface area contributed by atoms with Crippen molar-refractivity contribution in [3.8, 4) is 0 Å². The molecule has 1 aromatic rings. The number of rotatable bonds is 2. The minimum atomic E-state index is 0.367. The molecular formula is C9H15N5. The van der Waals surface area contributed by atoms with Crippen molar-refractivity contribution in [2.75, 3.05) is 0 Å². The van der Waals surface area contributed by atoms with E-state index in [4.69, 9.17) is 11.7 Å². The normalized spacial score (nSPS) is 11.9. The van der Waals surface area contributed by atoms with Crippen molar-refractivity contribution in [1.82, 2.24) is 10.4 Å². The molecule has 1 aromatic heterocycles. The van der Waals surface area contributed by atoms with Gasteiger partial charge in [-0.3, -0.25) is 0 Å². The molecular weight excluding hydrogens is 178 g/mol. The first-order valence-corrected chi connectivity index (χ1v) is 4.41. The van der Waals surface area contributed by atoms with Gasteiger partial charge in [0.15, 0.2) is 5.84 Å². The summed E-state index contributed by atoms with van der Waals surface area (Å²) in [5.74, 6) is 11.1. The molecule has 0 unspecified atom stereocenters. The second-order valence-electron chi connectivity index (χ2n) is 3.22. The van der Waals surface area contributed by atoms with Gasteiger partial charge in [-0.15, -0.1) is 0 Å². The van der Waals surface area contributed by atoms with E-state index in [2.05, 4.69) is 29.4 Å². The summed E-state index contributed by atoms with van der Waals surface area (Å²) in [6, 6.07) is 5.66. The molecule has 0 radical (unpaired) electrons. The van der Waals surface area contributed by atoms with Crippen molar-refractivity contribution in [2.24, 2.45) is 16.8 Å². The summed E-state index contributed by atoms with van der Waals surface area (Å²) >= 11 is 0. The molecule has 0 saturated carbocycles. The molecule has 76 valence electrons. The smallest absolute Gasteiger partial charge is 0.185 e. The fourth-order valence-corrected chi connectivity index (χ4v) is 1.08. The largest absolute Gasteiger partial charge is 0.321 e. The van der Waals surface area contributed by atoms with Crippen molar-refractivity contribution >= 4 is 5.84 Å². The number of amidine groups is 1. The maximum Gasteiger partial charge on any atom is 0.185 e. The highest BCUT2D eigenvalue weighted by atomic mass is 15.3. The van der Waals surface area contributed by atoms with Crippen molar-refractivity contribution in [2.45, 2.75) is 19.8 Å². The van der Waals surface area contributed by atoms with Crippen LogP contribution in [0.5, 0.6) is 0 Å². The zero-order valence-electron chi connectivity index (χ0n) is 8.36. The van der Waals surface area contributed by atoms with E-state index in [1.807, 2.05) is 12.1 Å². The van der Waals surface area contributed by atoms with E-state index in [0.717, 1.165) is 5.69 Å². The predicted molar refractivity (Wildman–Crippen MR) is 56.4 cm³/mol. The van der Waals surface area contributed by atoms with Gasteiger partial charge in [0.2, 0.25) is 0 Å². The number of nitrogens with one attached hydrogen (secondary N) is 1. The standard InChI is InChI=1S/C9H15N5/c1-6(2)7-4-3-5-8(12-7)9(13-10)14-11/h3-6H,10-11H2,1-2H3,(H,13,14). The number of hydrogen-bond donors (Lipinski definition) is 3. The molecule has 1 rings (SSSR count). The van der Waals surface area contributed by atoms with E-state index < -0.39 is 0 Å². The first-order valence-electron chi connectivity index (χ1n) is 4.41. The lowest BCUT2D eigenvalue weighted by atomic mass is 10.1. The molecule has 0 aliphatic carbocycles. The molecule has 5 N–H and O–H groups in total. The first-order chi connectivity index (χ1) is 6.69. The highest BCUT2D eigenvalue weighted by Gasteiger charge is 2.05. The Morgan fingerprint density at radius 2 is 2.21 bits per heavy atom. The van der Waals surface area contributed by atoms with Crippen LogP contribution in [-0.4, -0.2) is 10.8 Å². The Hall–Kier alpha value is -1.62. The summed E-state index contributed by atoms with van der Waals surface area (Å²) in [5, 5.41) is 3.50. The Morgan fingerprint density at radius 1 is 1.50 bits per heavy atom. The molecule has 0 aliphatic rings. The average molecular weight is 193 g/mol. The summed E-state index contributed by atoms with van der Waals surface area (Å²) in [6.07, 6.45) is 0. The Kier molecular flexibility index (Phi) is 3.41. The molecule has 0 aliphatic heterocycles. The van der Waals surface area contributed by atoms with Crippen molar-refractivity contribution < 1.29 is 0 Å². The van der Waals surface area contributed by atoms with E-state index in [0.29, 0.717) is 17.4 Å². The van der Waals surface area contributed by atoms with Gasteiger partial charge in [-0.25, -0.2) is 10.8 Å². The van der Waals surface area contributed by atoms with Crippen LogP contribution in [0.25, 0.3) is 0 Å². The van der Waals surface area contributed by atoms with Crippen LogP contribution in [-0.2, 0) is 0 Å². The SMILES string of the molecule is CC(C)c1cccc(/C(=N/N)NN)n1. The van der Waals surface area contributed by atoms with Crippen LogP contribution in [0.2, 0.25) is 0 Å². The summed E-state index contributed by atoms with van der Waals surface area (Å²) in [6.45, 7) is 4.14. The quantitative estimate of drug-likeness (QED) is 0.272.